The summed E-state index contributed by atoms with van der Waals surface area (Å²) >= 11 is 0. The molecular weight excluding hydrogens is 677 g/mol. The lowest BCUT2D eigenvalue weighted by molar-refractivity contribution is 0.651. The van der Waals surface area contributed by atoms with Crippen LogP contribution in [0.25, 0.3) is 67.1 Å². The molecule has 1 unspecified atom stereocenters. The highest BCUT2D eigenvalue weighted by Gasteiger charge is 2.27. The summed E-state index contributed by atoms with van der Waals surface area (Å²) < 4.78 is 0. The first kappa shape index (κ1) is 33.0. The number of rotatable bonds is 5. The molecule has 0 bridgehead atoms. The highest BCUT2D eigenvalue weighted by atomic mass is 15.2. The minimum absolute atomic E-state index is 0.262. The van der Waals surface area contributed by atoms with Crippen LogP contribution in [-0.4, -0.2) is 19.1 Å². The number of fused-ring (bicyclic) bond motifs is 5. The van der Waals surface area contributed by atoms with Crippen LogP contribution in [0, 0.1) is 0 Å². The highest BCUT2D eigenvalue weighted by Crippen LogP contribution is 2.42. The van der Waals surface area contributed by atoms with Gasteiger partial charge in [-0.1, -0.05) is 152 Å². The summed E-state index contributed by atoms with van der Waals surface area (Å²) in [5.74, 6) is 0. The SMILES string of the molecule is C1=c2c(-c3ccccc3)c3cc(N4CCCc5ccccc54)ccc3c(-c3ccccc3-c3cccc4ccccc34)c2=CC(N2CCCc3ccccc32)C1. The zero-order chi connectivity index (χ0) is 37.0. The first-order chi connectivity index (χ1) is 27.8. The first-order valence-electron chi connectivity index (χ1n) is 20.4. The fourth-order valence-corrected chi connectivity index (χ4v) is 10.1. The average Bonchev–Trinajstić information content (AvgIpc) is 3.27. The van der Waals surface area contributed by atoms with Crippen molar-refractivity contribution < 1.29 is 0 Å². The third kappa shape index (κ3) is 5.46. The molecule has 0 fully saturated rings. The van der Waals surface area contributed by atoms with Gasteiger partial charge >= 0.3 is 0 Å². The number of hydrogen-bond donors (Lipinski definition) is 0. The summed E-state index contributed by atoms with van der Waals surface area (Å²) in [6.45, 7) is 2.09. The molecule has 1 aliphatic carbocycles. The molecular formula is C54H44N2. The van der Waals surface area contributed by atoms with Crippen LogP contribution in [0.4, 0.5) is 17.1 Å². The van der Waals surface area contributed by atoms with Crippen LogP contribution in [-0.2, 0) is 12.8 Å². The molecule has 0 amide bonds. The Morgan fingerprint density at radius 3 is 2.02 bits per heavy atom. The number of aryl methyl sites for hydroxylation is 2. The smallest absolute Gasteiger partial charge is 0.0517 e. The molecule has 0 saturated heterocycles. The van der Waals surface area contributed by atoms with Crippen molar-refractivity contribution in [1.29, 1.82) is 0 Å². The molecule has 0 spiro atoms. The number of hydrogen-bond acceptors (Lipinski definition) is 2. The van der Waals surface area contributed by atoms with Crippen molar-refractivity contribution in [2.45, 2.75) is 38.1 Å². The van der Waals surface area contributed by atoms with Crippen molar-refractivity contribution in [3.8, 4) is 33.4 Å². The normalized spacial score (nSPS) is 16.1. The fourth-order valence-electron chi connectivity index (χ4n) is 10.1. The summed E-state index contributed by atoms with van der Waals surface area (Å²) in [7, 11) is 0. The number of benzene rings is 8. The topological polar surface area (TPSA) is 6.48 Å². The molecule has 3 aliphatic rings. The van der Waals surface area contributed by atoms with Gasteiger partial charge in [0, 0.05) is 30.2 Å². The lowest BCUT2D eigenvalue weighted by atomic mass is 9.82. The van der Waals surface area contributed by atoms with Gasteiger partial charge in [-0.05, 0) is 133 Å². The maximum atomic E-state index is 2.68. The minimum Gasteiger partial charge on any atom is -0.365 e. The largest absolute Gasteiger partial charge is 0.365 e. The van der Waals surface area contributed by atoms with E-state index in [9.17, 15) is 0 Å². The third-order valence-corrected chi connectivity index (χ3v) is 12.6. The summed E-state index contributed by atoms with van der Waals surface area (Å²) in [4.78, 5) is 5.23. The number of anilines is 3. The van der Waals surface area contributed by atoms with Gasteiger partial charge in [0.05, 0.1) is 6.04 Å². The van der Waals surface area contributed by atoms with Crippen LogP contribution in [0.15, 0.2) is 164 Å². The molecule has 0 radical (unpaired) electrons. The van der Waals surface area contributed by atoms with E-state index < -0.39 is 0 Å². The number of nitrogens with zero attached hydrogens (tertiary/aromatic N) is 2. The van der Waals surface area contributed by atoms with Crippen LogP contribution in [0.2, 0.25) is 0 Å². The second-order valence-electron chi connectivity index (χ2n) is 15.7. The minimum atomic E-state index is 0.262. The van der Waals surface area contributed by atoms with E-state index in [2.05, 4.69) is 186 Å². The van der Waals surface area contributed by atoms with Crippen molar-refractivity contribution in [3.63, 3.8) is 0 Å². The van der Waals surface area contributed by atoms with Crippen molar-refractivity contribution in [3.05, 3.63) is 185 Å². The summed E-state index contributed by atoms with van der Waals surface area (Å²) in [5.41, 5.74) is 14.7. The molecule has 0 saturated carbocycles. The Morgan fingerprint density at radius 1 is 0.464 bits per heavy atom. The van der Waals surface area contributed by atoms with Crippen LogP contribution >= 0.6 is 0 Å². The van der Waals surface area contributed by atoms with Crippen molar-refractivity contribution in [2.24, 2.45) is 0 Å². The van der Waals surface area contributed by atoms with Gasteiger partial charge in [0.1, 0.15) is 0 Å². The molecule has 8 aromatic rings. The second kappa shape index (κ2) is 13.7. The molecule has 0 aromatic heterocycles. The van der Waals surface area contributed by atoms with E-state index >= 15 is 0 Å². The van der Waals surface area contributed by atoms with Crippen LogP contribution < -0.4 is 20.2 Å². The quantitative estimate of drug-likeness (QED) is 0.175. The monoisotopic (exact) mass is 720 g/mol. The van der Waals surface area contributed by atoms with E-state index in [1.165, 1.54) is 100.0 Å². The van der Waals surface area contributed by atoms with Gasteiger partial charge in [0.2, 0.25) is 0 Å². The van der Waals surface area contributed by atoms with E-state index in [4.69, 9.17) is 0 Å². The highest BCUT2D eigenvalue weighted by molar-refractivity contribution is 6.10. The maximum absolute atomic E-state index is 2.68. The maximum Gasteiger partial charge on any atom is 0.0517 e. The Balaban J connectivity index is 1.23. The molecule has 0 N–H and O–H groups in total. The van der Waals surface area contributed by atoms with Crippen molar-refractivity contribution in [1.82, 2.24) is 0 Å². The Bertz CT molecular complexity index is 2920. The van der Waals surface area contributed by atoms with E-state index in [1.807, 2.05) is 0 Å². The average molecular weight is 721 g/mol. The molecule has 270 valence electrons. The standard InChI is InChI=1S/C54H44N2/c1-2-18-40(19-3-1)53-47-31-29-42(56-34-14-22-39-17-6-11-28-52(39)56)36-50(47)54(46-25-9-8-24-45(46)44-26-12-20-37-15-4-7-23-43(37)44)48-32-30-41(35-49(48)53)55-33-13-21-38-16-5-10-27-51(38)55/h1-12,15-20,23-28,30-32,35-36,42H,13-14,21-22,29,33-34H2. The van der Waals surface area contributed by atoms with Crippen LogP contribution in [0.5, 0.6) is 0 Å². The van der Waals surface area contributed by atoms with Crippen LogP contribution in [0.1, 0.15) is 30.4 Å². The van der Waals surface area contributed by atoms with E-state index in [0.29, 0.717) is 0 Å². The zero-order valence-electron chi connectivity index (χ0n) is 31.7. The van der Waals surface area contributed by atoms with Gasteiger partial charge < -0.3 is 9.80 Å². The van der Waals surface area contributed by atoms with Gasteiger partial charge in [0.15, 0.2) is 0 Å². The van der Waals surface area contributed by atoms with Crippen molar-refractivity contribution in [2.75, 3.05) is 22.9 Å². The van der Waals surface area contributed by atoms with Crippen LogP contribution in [0.3, 0.4) is 0 Å². The Kier molecular flexibility index (Phi) is 8.09. The van der Waals surface area contributed by atoms with E-state index in [-0.39, 0.29) is 6.04 Å². The van der Waals surface area contributed by atoms with E-state index in [0.717, 1.165) is 38.8 Å². The summed E-state index contributed by atoms with van der Waals surface area (Å²) in [5, 5.41) is 7.86. The summed E-state index contributed by atoms with van der Waals surface area (Å²) in [6, 6.07) is 61.5. The molecule has 1 atom stereocenters. The molecule has 56 heavy (non-hydrogen) atoms. The first-order valence-corrected chi connectivity index (χ1v) is 20.4. The molecule has 2 aliphatic heterocycles. The molecule has 2 heteroatoms. The van der Waals surface area contributed by atoms with E-state index in [1.54, 1.807) is 0 Å². The Hall–Kier alpha value is -6.38. The predicted octanol–water partition coefficient (Wildman–Crippen LogP) is 11.9. The Labute approximate surface area is 329 Å². The predicted molar refractivity (Wildman–Crippen MR) is 238 cm³/mol. The van der Waals surface area contributed by atoms with Gasteiger partial charge in [0.25, 0.3) is 0 Å². The molecule has 2 heterocycles. The summed E-state index contributed by atoms with van der Waals surface area (Å²) in [6.07, 6.45) is 10.8. The van der Waals surface area contributed by atoms with Crippen molar-refractivity contribution >= 4 is 50.8 Å². The van der Waals surface area contributed by atoms with Gasteiger partial charge in [-0.25, -0.2) is 0 Å². The zero-order valence-corrected chi connectivity index (χ0v) is 31.7. The molecule has 11 rings (SSSR count). The lowest BCUT2D eigenvalue weighted by Gasteiger charge is -2.37. The third-order valence-electron chi connectivity index (χ3n) is 12.6. The lowest BCUT2D eigenvalue weighted by Crippen LogP contribution is -2.43. The van der Waals surface area contributed by atoms with Gasteiger partial charge in [-0.3, -0.25) is 0 Å². The van der Waals surface area contributed by atoms with Gasteiger partial charge in [-0.2, -0.15) is 0 Å². The second-order valence-corrected chi connectivity index (χ2v) is 15.7. The molecule has 2 nitrogen and oxygen atoms in total. The number of para-hydroxylation sites is 2. The van der Waals surface area contributed by atoms with Gasteiger partial charge in [-0.15, -0.1) is 0 Å². The fraction of sp³-hybridized carbons (Fsp3) is 0.148. The molecule has 8 aromatic carbocycles. The Morgan fingerprint density at radius 2 is 1.14 bits per heavy atom.